The molecule has 0 aromatic carbocycles. The largest absolute Gasteiger partial charge is 0.453 e. The zero-order chi connectivity index (χ0) is 17.1. The van der Waals surface area contributed by atoms with Gasteiger partial charge in [-0.05, 0) is 31.2 Å². The van der Waals surface area contributed by atoms with Crippen molar-refractivity contribution >= 4 is 35.1 Å². The molecule has 3 rings (SSSR count). The minimum atomic E-state index is -0.755. The maximum absolute atomic E-state index is 12.0. The Balaban J connectivity index is 1.72. The van der Waals surface area contributed by atoms with Crippen LogP contribution in [-0.2, 0) is 16.0 Å². The van der Waals surface area contributed by atoms with Crippen molar-refractivity contribution in [2.75, 3.05) is 7.11 Å². The van der Waals surface area contributed by atoms with Gasteiger partial charge in [0.15, 0.2) is 5.16 Å². The van der Waals surface area contributed by atoms with Gasteiger partial charge in [-0.1, -0.05) is 17.8 Å². The van der Waals surface area contributed by atoms with Crippen molar-refractivity contribution in [1.82, 2.24) is 20.1 Å². The number of methoxy groups -OCH3 is 1. The van der Waals surface area contributed by atoms with E-state index in [4.69, 9.17) is 0 Å². The van der Waals surface area contributed by atoms with E-state index >= 15 is 0 Å². The first kappa shape index (κ1) is 17.0. The molecular weight excluding hydrogens is 348 g/mol. The fourth-order valence-corrected chi connectivity index (χ4v) is 3.88. The van der Waals surface area contributed by atoms with Gasteiger partial charge in [0, 0.05) is 17.3 Å². The molecule has 1 N–H and O–H groups in total. The second kappa shape index (κ2) is 7.35. The van der Waals surface area contributed by atoms with E-state index in [0.29, 0.717) is 6.04 Å². The maximum atomic E-state index is 12.0. The van der Waals surface area contributed by atoms with Crippen LogP contribution in [0.3, 0.4) is 0 Å². The summed E-state index contributed by atoms with van der Waals surface area (Å²) in [4.78, 5) is 24.4. The molecule has 0 unspecified atom stereocenters. The molecule has 0 radical (unpaired) electrons. The van der Waals surface area contributed by atoms with E-state index < -0.39 is 17.3 Å². The van der Waals surface area contributed by atoms with Crippen LogP contribution in [-0.4, -0.2) is 39.1 Å². The lowest BCUT2D eigenvalue weighted by Crippen LogP contribution is -2.36. The third-order valence-corrected chi connectivity index (χ3v) is 5.55. The number of aromatic nitrogens is 3. The van der Waals surface area contributed by atoms with Crippen molar-refractivity contribution < 1.29 is 14.3 Å². The van der Waals surface area contributed by atoms with Crippen LogP contribution >= 0.6 is 23.1 Å². The molecule has 0 aliphatic heterocycles. The van der Waals surface area contributed by atoms with Crippen LogP contribution in [0.2, 0.25) is 0 Å². The molecule has 0 saturated heterocycles. The number of thioether (sulfide) groups is 1. The molecule has 1 saturated carbocycles. The number of imide groups is 1. The number of nitrogens with one attached hydrogen (secondary N) is 1. The smallest absolute Gasteiger partial charge is 0.413 e. The quantitative estimate of drug-likeness (QED) is 0.791. The van der Waals surface area contributed by atoms with Gasteiger partial charge in [0.05, 0.1) is 12.4 Å². The highest BCUT2D eigenvalue weighted by molar-refractivity contribution is 8.00. The second-order valence-electron chi connectivity index (χ2n) is 5.50. The van der Waals surface area contributed by atoms with Crippen molar-refractivity contribution in [1.29, 1.82) is 0 Å². The van der Waals surface area contributed by atoms with Gasteiger partial charge >= 0.3 is 6.09 Å². The predicted molar refractivity (Wildman–Crippen MR) is 91.3 cm³/mol. The average molecular weight is 366 g/mol. The minimum Gasteiger partial charge on any atom is -0.453 e. The summed E-state index contributed by atoms with van der Waals surface area (Å²) in [5.74, 6) is 0.514. The van der Waals surface area contributed by atoms with Gasteiger partial charge in [-0.3, -0.25) is 10.1 Å². The number of nitrogens with zero attached hydrogens (tertiary/aromatic N) is 3. The second-order valence-corrected chi connectivity index (χ2v) is 7.84. The number of alkyl carbamates (subject to hydrolysis) is 1. The monoisotopic (exact) mass is 366 g/mol. The summed E-state index contributed by atoms with van der Waals surface area (Å²) < 4.78 is 6.58. The number of hydrogen-bond acceptors (Lipinski definition) is 7. The Hall–Kier alpha value is -1.87. The van der Waals surface area contributed by atoms with Crippen LogP contribution in [0.4, 0.5) is 4.79 Å². The van der Waals surface area contributed by atoms with Crippen LogP contribution in [0.5, 0.6) is 0 Å². The number of carbonyl (C=O) groups is 2. The Morgan fingerprint density at radius 3 is 2.92 bits per heavy atom. The van der Waals surface area contributed by atoms with E-state index in [1.807, 2.05) is 11.4 Å². The predicted octanol–water partition coefficient (Wildman–Crippen LogP) is 2.63. The summed E-state index contributed by atoms with van der Waals surface area (Å²) in [5, 5.41) is 13.1. The van der Waals surface area contributed by atoms with Crippen LogP contribution in [0.1, 0.15) is 36.5 Å². The van der Waals surface area contributed by atoms with Crippen LogP contribution in [0.25, 0.3) is 0 Å². The normalized spacial score (nSPS) is 15.1. The van der Waals surface area contributed by atoms with Crippen LogP contribution in [0.15, 0.2) is 22.7 Å². The van der Waals surface area contributed by atoms with E-state index in [-0.39, 0.29) is 0 Å². The zero-order valence-corrected chi connectivity index (χ0v) is 15.0. The van der Waals surface area contributed by atoms with Gasteiger partial charge in [-0.2, -0.15) is 0 Å². The highest BCUT2D eigenvalue weighted by Gasteiger charge is 2.31. The Kier molecular flexibility index (Phi) is 5.20. The number of rotatable bonds is 6. The first-order chi connectivity index (χ1) is 11.6. The molecule has 1 atom stereocenters. The minimum absolute atomic E-state index is 0.406. The molecule has 1 aliphatic rings. The summed E-state index contributed by atoms with van der Waals surface area (Å²) >= 11 is 3.00. The van der Waals surface area contributed by atoms with Gasteiger partial charge in [-0.15, -0.1) is 21.5 Å². The van der Waals surface area contributed by atoms with E-state index in [1.54, 1.807) is 18.3 Å². The lowest BCUT2D eigenvalue weighted by atomic mass is 10.3. The first-order valence-electron chi connectivity index (χ1n) is 7.60. The standard InChI is InChI=1S/C15H18N4O3S2/c1-9(13(20)16-15(21)22-2)24-14-18-17-12(19(14)10-5-6-10)8-11-4-3-7-23-11/h3-4,7,9-10H,5-6,8H2,1-2H3,(H,16,20,21)/t9-/m1/s1. The van der Waals surface area contributed by atoms with Crippen LogP contribution < -0.4 is 5.32 Å². The fourth-order valence-electron chi connectivity index (χ4n) is 2.24. The van der Waals surface area contributed by atoms with E-state index in [9.17, 15) is 9.59 Å². The Morgan fingerprint density at radius 1 is 1.50 bits per heavy atom. The Bertz CT molecular complexity index is 725. The van der Waals surface area contributed by atoms with E-state index in [2.05, 4.69) is 30.9 Å². The topological polar surface area (TPSA) is 86.1 Å². The molecule has 7 nitrogen and oxygen atoms in total. The summed E-state index contributed by atoms with van der Waals surface area (Å²) in [6.07, 6.45) is 2.19. The molecule has 2 amide bonds. The molecular formula is C15H18N4O3S2. The van der Waals surface area contributed by atoms with Gasteiger partial charge in [0.2, 0.25) is 5.91 Å². The van der Waals surface area contributed by atoms with Crippen molar-refractivity contribution in [3.63, 3.8) is 0 Å². The lowest BCUT2D eigenvalue weighted by molar-refractivity contribution is -0.119. The highest BCUT2D eigenvalue weighted by Crippen LogP contribution is 2.40. The van der Waals surface area contributed by atoms with Crippen molar-refractivity contribution in [2.45, 2.75) is 42.6 Å². The molecule has 1 fully saturated rings. The molecule has 1 aliphatic carbocycles. The van der Waals surface area contributed by atoms with Gasteiger partial charge in [-0.25, -0.2) is 4.79 Å². The summed E-state index contributed by atoms with van der Waals surface area (Å²) in [6, 6.07) is 4.51. The third kappa shape index (κ3) is 3.96. The molecule has 9 heteroatoms. The highest BCUT2D eigenvalue weighted by atomic mass is 32.2. The number of carbonyl (C=O) groups excluding carboxylic acids is 2. The van der Waals surface area contributed by atoms with Gasteiger partial charge in [0.1, 0.15) is 5.82 Å². The van der Waals surface area contributed by atoms with Crippen LogP contribution in [0, 0.1) is 0 Å². The van der Waals surface area contributed by atoms with Crippen molar-refractivity contribution in [2.24, 2.45) is 0 Å². The molecule has 0 bridgehead atoms. The lowest BCUT2D eigenvalue weighted by Gasteiger charge is -2.12. The average Bonchev–Trinajstić information content (AvgIpc) is 3.12. The molecule has 0 spiro atoms. The van der Waals surface area contributed by atoms with Crippen molar-refractivity contribution in [3.05, 3.63) is 28.2 Å². The summed E-state index contributed by atoms with van der Waals surface area (Å²) in [6.45, 7) is 1.73. The summed E-state index contributed by atoms with van der Waals surface area (Å²) in [5.41, 5.74) is 0. The Morgan fingerprint density at radius 2 is 2.29 bits per heavy atom. The number of ether oxygens (including phenoxy) is 1. The Labute approximate surface area is 147 Å². The molecule has 128 valence electrons. The van der Waals surface area contributed by atoms with E-state index in [0.717, 1.165) is 30.2 Å². The van der Waals surface area contributed by atoms with Gasteiger partial charge < -0.3 is 9.30 Å². The molecule has 2 heterocycles. The maximum Gasteiger partial charge on any atom is 0.413 e. The number of hydrogen-bond donors (Lipinski definition) is 1. The van der Waals surface area contributed by atoms with E-state index in [1.165, 1.54) is 23.7 Å². The third-order valence-electron chi connectivity index (χ3n) is 3.62. The fraction of sp³-hybridized carbons (Fsp3) is 0.467. The molecule has 2 aromatic rings. The summed E-state index contributed by atoms with van der Waals surface area (Å²) in [7, 11) is 1.22. The van der Waals surface area contributed by atoms with Gasteiger partial charge in [0.25, 0.3) is 0 Å². The molecule has 2 aromatic heterocycles. The van der Waals surface area contributed by atoms with Crippen molar-refractivity contribution in [3.8, 4) is 0 Å². The number of thiophene rings is 1. The molecule has 24 heavy (non-hydrogen) atoms. The first-order valence-corrected chi connectivity index (χ1v) is 9.36. The zero-order valence-electron chi connectivity index (χ0n) is 13.4. The SMILES string of the molecule is COC(=O)NC(=O)[C@@H](C)Sc1nnc(Cc2cccs2)n1C1CC1. The number of amides is 2.